The molecule has 3 rings (SSSR count). The number of urea groups is 1. The van der Waals surface area contributed by atoms with Gasteiger partial charge < -0.3 is 9.64 Å². The number of methoxy groups -OCH3 is 1. The van der Waals surface area contributed by atoms with Crippen LogP contribution in [0.25, 0.3) is 11.1 Å². The summed E-state index contributed by atoms with van der Waals surface area (Å²) < 4.78 is 4.72. The summed E-state index contributed by atoms with van der Waals surface area (Å²) in [7, 11) is 3.18. The van der Waals surface area contributed by atoms with E-state index < -0.39 is 0 Å². The minimum Gasteiger partial charge on any atom is -0.465 e. The average molecular weight is 324 g/mol. The van der Waals surface area contributed by atoms with E-state index in [9.17, 15) is 9.59 Å². The molecule has 1 fully saturated rings. The fourth-order valence-electron chi connectivity index (χ4n) is 2.93. The number of aryl methyl sites for hydroxylation is 1. The summed E-state index contributed by atoms with van der Waals surface area (Å²) >= 11 is 0. The number of hydrogen-bond donors (Lipinski definition) is 0. The molecule has 1 aliphatic rings. The van der Waals surface area contributed by atoms with Crippen LogP contribution in [0.1, 0.15) is 15.9 Å². The molecule has 2 aromatic carbocycles. The van der Waals surface area contributed by atoms with Crippen LogP contribution in [0.2, 0.25) is 0 Å². The van der Waals surface area contributed by atoms with Gasteiger partial charge >= 0.3 is 12.0 Å². The van der Waals surface area contributed by atoms with E-state index in [1.54, 1.807) is 21.9 Å². The molecule has 0 saturated carbocycles. The van der Waals surface area contributed by atoms with Gasteiger partial charge in [0.15, 0.2) is 0 Å². The Morgan fingerprint density at radius 1 is 1.08 bits per heavy atom. The smallest absolute Gasteiger partial charge is 0.337 e. The van der Waals surface area contributed by atoms with E-state index in [1.807, 2.05) is 44.3 Å². The first kappa shape index (κ1) is 16.1. The molecule has 2 amide bonds. The number of amides is 2. The van der Waals surface area contributed by atoms with Gasteiger partial charge in [0.25, 0.3) is 0 Å². The average Bonchev–Trinajstić information content (AvgIpc) is 2.93. The van der Waals surface area contributed by atoms with Crippen LogP contribution in [0.15, 0.2) is 42.5 Å². The monoisotopic (exact) mass is 324 g/mol. The van der Waals surface area contributed by atoms with Gasteiger partial charge in [0, 0.05) is 25.8 Å². The Hall–Kier alpha value is -2.82. The summed E-state index contributed by atoms with van der Waals surface area (Å²) in [6.07, 6.45) is 0. The molecule has 0 N–H and O–H groups in total. The highest BCUT2D eigenvalue weighted by molar-refractivity contribution is 5.94. The van der Waals surface area contributed by atoms with Crippen LogP contribution < -0.4 is 4.90 Å². The van der Waals surface area contributed by atoms with Crippen molar-refractivity contribution in [2.45, 2.75) is 6.92 Å². The maximum atomic E-state index is 12.1. The largest absolute Gasteiger partial charge is 0.465 e. The molecule has 1 heterocycles. The van der Waals surface area contributed by atoms with Crippen molar-refractivity contribution in [3.05, 3.63) is 53.6 Å². The molecule has 124 valence electrons. The lowest BCUT2D eigenvalue weighted by Gasteiger charge is -2.18. The van der Waals surface area contributed by atoms with Crippen LogP contribution in [-0.4, -0.2) is 44.1 Å². The number of esters is 1. The van der Waals surface area contributed by atoms with Gasteiger partial charge in [-0.15, -0.1) is 0 Å². The quantitative estimate of drug-likeness (QED) is 0.814. The number of benzene rings is 2. The zero-order chi connectivity index (χ0) is 17.3. The van der Waals surface area contributed by atoms with E-state index in [0.717, 1.165) is 28.9 Å². The van der Waals surface area contributed by atoms with Crippen LogP contribution in [0.3, 0.4) is 0 Å². The molecule has 0 atom stereocenters. The summed E-state index contributed by atoms with van der Waals surface area (Å²) in [5.41, 5.74) is 4.63. The van der Waals surface area contributed by atoms with Crippen molar-refractivity contribution in [2.24, 2.45) is 0 Å². The Morgan fingerprint density at radius 3 is 2.33 bits per heavy atom. The highest BCUT2D eigenvalue weighted by Gasteiger charge is 2.26. The number of likely N-dealkylation sites (N-methyl/N-ethyl adjacent to an activating group) is 1. The van der Waals surface area contributed by atoms with Gasteiger partial charge in [-0.1, -0.05) is 18.2 Å². The van der Waals surface area contributed by atoms with Crippen molar-refractivity contribution in [2.75, 3.05) is 32.1 Å². The molecule has 0 aromatic heterocycles. The molecule has 5 nitrogen and oxygen atoms in total. The predicted octanol–water partition coefficient (Wildman–Crippen LogP) is 3.32. The number of anilines is 1. The third kappa shape index (κ3) is 2.85. The maximum Gasteiger partial charge on any atom is 0.337 e. The number of carbonyl (C=O) groups is 2. The van der Waals surface area contributed by atoms with Crippen molar-refractivity contribution in [3.8, 4) is 11.1 Å². The molecule has 0 radical (unpaired) electrons. The van der Waals surface area contributed by atoms with E-state index in [-0.39, 0.29) is 12.0 Å². The first-order valence-corrected chi connectivity index (χ1v) is 7.83. The molecular formula is C19H20N2O3. The zero-order valence-electron chi connectivity index (χ0n) is 14.1. The molecule has 1 saturated heterocycles. The van der Waals surface area contributed by atoms with Crippen molar-refractivity contribution < 1.29 is 14.3 Å². The molecule has 0 aliphatic carbocycles. The Morgan fingerprint density at radius 2 is 1.79 bits per heavy atom. The first-order chi connectivity index (χ1) is 11.5. The number of carbonyl (C=O) groups excluding carboxylic acids is 2. The Labute approximate surface area is 141 Å². The lowest BCUT2D eigenvalue weighted by atomic mass is 9.99. The van der Waals surface area contributed by atoms with Gasteiger partial charge in [-0.3, -0.25) is 4.90 Å². The van der Waals surface area contributed by atoms with Crippen molar-refractivity contribution in [1.82, 2.24) is 4.90 Å². The predicted molar refractivity (Wildman–Crippen MR) is 93.3 cm³/mol. The number of hydrogen-bond acceptors (Lipinski definition) is 3. The number of ether oxygens (including phenoxy) is 1. The molecule has 2 aromatic rings. The zero-order valence-corrected chi connectivity index (χ0v) is 14.1. The Bertz CT molecular complexity index is 784. The highest BCUT2D eigenvalue weighted by atomic mass is 16.5. The number of rotatable bonds is 3. The van der Waals surface area contributed by atoms with E-state index >= 15 is 0 Å². The summed E-state index contributed by atoms with van der Waals surface area (Å²) in [6, 6.07) is 13.4. The molecule has 24 heavy (non-hydrogen) atoms. The van der Waals surface area contributed by atoms with Crippen molar-refractivity contribution in [3.63, 3.8) is 0 Å². The van der Waals surface area contributed by atoms with Crippen LogP contribution in [0.4, 0.5) is 10.5 Å². The van der Waals surface area contributed by atoms with Gasteiger partial charge in [-0.25, -0.2) is 9.59 Å². The summed E-state index contributed by atoms with van der Waals surface area (Å²) in [6.45, 7) is 3.48. The summed E-state index contributed by atoms with van der Waals surface area (Å²) in [5, 5.41) is 0. The van der Waals surface area contributed by atoms with Crippen LogP contribution in [0, 0.1) is 6.92 Å². The van der Waals surface area contributed by atoms with Gasteiger partial charge in [-0.2, -0.15) is 0 Å². The fraction of sp³-hybridized carbons (Fsp3) is 0.263. The van der Waals surface area contributed by atoms with E-state index in [1.165, 1.54) is 7.11 Å². The maximum absolute atomic E-state index is 12.1. The summed E-state index contributed by atoms with van der Waals surface area (Å²) in [4.78, 5) is 27.1. The van der Waals surface area contributed by atoms with E-state index in [4.69, 9.17) is 4.74 Å². The first-order valence-electron chi connectivity index (χ1n) is 7.83. The Kier molecular flexibility index (Phi) is 4.25. The minimum absolute atomic E-state index is 0.0320. The molecule has 0 bridgehead atoms. The second-order valence-electron chi connectivity index (χ2n) is 5.92. The molecule has 0 unspecified atom stereocenters. The molecular weight excluding hydrogens is 304 g/mol. The lowest BCUT2D eigenvalue weighted by Crippen LogP contribution is -2.29. The topological polar surface area (TPSA) is 49.9 Å². The fourth-order valence-corrected chi connectivity index (χ4v) is 2.93. The molecule has 1 aliphatic heterocycles. The normalized spacial score (nSPS) is 14.2. The third-order valence-electron chi connectivity index (χ3n) is 4.36. The van der Waals surface area contributed by atoms with Crippen LogP contribution in [0.5, 0.6) is 0 Å². The standard InChI is InChI=1S/C19H20N2O3/c1-13-12-16(21-11-10-20(2)19(21)23)8-9-17(13)14-4-6-15(7-5-14)18(22)24-3/h4-9,12H,10-11H2,1-3H3. The van der Waals surface area contributed by atoms with E-state index in [0.29, 0.717) is 12.1 Å². The third-order valence-corrected chi connectivity index (χ3v) is 4.36. The van der Waals surface area contributed by atoms with E-state index in [2.05, 4.69) is 0 Å². The van der Waals surface area contributed by atoms with Gasteiger partial charge in [0.05, 0.1) is 12.7 Å². The van der Waals surface area contributed by atoms with Gasteiger partial charge in [0.2, 0.25) is 0 Å². The van der Waals surface area contributed by atoms with Crippen molar-refractivity contribution >= 4 is 17.7 Å². The highest BCUT2D eigenvalue weighted by Crippen LogP contribution is 2.29. The van der Waals surface area contributed by atoms with Crippen LogP contribution >= 0.6 is 0 Å². The SMILES string of the molecule is COC(=O)c1ccc(-c2ccc(N3CCN(C)C3=O)cc2C)cc1. The summed E-state index contributed by atoms with van der Waals surface area (Å²) in [5.74, 6) is -0.342. The van der Waals surface area contributed by atoms with Gasteiger partial charge in [-0.05, 0) is 47.9 Å². The Balaban J connectivity index is 1.87. The number of nitrogens with zero attached hydrogens (tertiary/aromatic N) is 2. The van der Waals surface area contributed by atoms with Crippen LogP contribution in [-0.2, 0) is 4.74 Å². The minimum atomic E-state index is -0.342. The molecule has 0 spiro atoms. The second-order valence-corrected chi connectivity index (χ2v) is 5.92. The lowest BCUT2D eigenvalue weighted by molar-refractivity contribution is 0.0600. The van der Waals surface area contributed by atoms with Crippen molar-refractivity contribution in [1.29, 1.82) is 0 Å². The second kappa shape index (κ2) is 6.35. The molecule has 5 heteroatoms. The van der Waals surface area contributed by atoms with Gasteiger partial charge in [0.1, 0.15) is 0 Å².